The zero-order valence-electron chi connectivity index (χ0n) is 11.8. The molecule has 0 aromatic heterocycles. The van der Waals surface area contributed by atoms with Crippen molar-refractivity contribution in [3.63, 3.8) is 0 Å². The summed E-state index contributed by atoms with van der Waals surface area (Å²) in [6.45, 7) is 4.88. The van der Waals surface area contributed by atoms with Gasteiger partial charge >= 0.3 is 0 Å². The maximum Gasteiger partial charge on any atom is 0.220 e. The third-order valence-corrected chi connectivity index (χ3v) is 3.77. The lowest BCUT2D eigenvalue weighted by molar-refractivity contribution is -0.122. The highest BCUT2D eigenvalue weighted by Crippen LogP contribution is 2.26. The van der Waals surface area contributed by atoms with E-state index in [-0.39, 0.29) is 24.4 Å². The van der Waals surface area contributed by atoms with Crippen molar-refractivity contribution >= 4 is 18.3 Å². The van der Waals surface area contributed by atoms with E-state index in [1.54, 1.807) is 0 Å². The third-order valence-electron chi connectivity index (χ3n) is 3.77. The first-order valence-electron chi connectivity index (χ1n) is 7.13. The quantitative estimate of drug-likeness (QED) is 0.784. The highest BCUT2D eigenvalue weighted by Gasteiger charge is 2.23. The molecule has 3 N–H and O–H groups in total. The van der Waals surface area contributed by atoms with Gasteiger partial charge in [0.25, 0.3) is 0 Å². The van der Waals surface area contributed by atoms with Gasteiger partial charge in [0.05, 0.1) is 0 Å². The first-order chi connectivity index (χ1) is 8.13. The predicted octanol–water partition coefficient (Wildman–Crippen LogP) is 2.87. The molecular formula is C14H29ClN2O. The maximum atomic E-state index is 11.8. The molecule has 0 aromatic carbocycles. The molecule has 108 valence electrons. The van der Waals surface area contributed by atoms with Crippen LogP contribution in [0.1, 0.15) is 58.8 Å². The largest absolute Gasteiger partial charge is 0.352 e. The minimum absolute atomic E-state index is 0. The average molecular weight is 277 g/mol. The van der Waals surface area contributed by atoms with Crippen LogP contribution in [0.4, 0.5) is 0 Å². The van der Waals surface area contributed by atoms with Crippen molar-refractivity contribution in [2.45, 2.75) is 64.8 Å². The van der Waals surface area contributed by atoms with Crippen molar-refractivity contribution in [2.75, 3.05) is 6.54 Å². The summed E-state index contributed by atoms with van der Waals surface area (Å²) in [5.74, 6) is 1.38. The topological polar surface area (TPSA) is 55.1 Å². The molecule has 4 heteroatoms. The summed E-state index contributed by atoms with van der Waals surface area (Å²) in [6, 6.07) is 0.204. The van der Waals surface area contributed by atoms with E-state index in [1.165, 1.54) is 32.1 Å². The van der Waals surface area contributed by atoms with Crippen molar-refractivity contribution in [1.82, 2.24) is 5.32 Å². The molecule has 0 heterocycles. The Balaban J connectivity index is 0.00000289. The van der Waals surface area contributed by atoms with Crippen molar-refractivity contribution in [3.05, 3.63) is 0 Å². The van der Waals surface area contributed by atoms with Crippen molar-refractivity contribution in [1.29, 1.82) is 0 Å². The van der Waals surface area contributed by atoms with E-state index < -0.39 is 0 Å². The van der Waals surface area contributed by atoms with E-state index in [4.69, 9.17) is 5.73 Å². The number of carbonyl (C=O) groups is 1. The van der Waals surface area contributed by atoms with E-state index in [0.29, 0.717) is 24.8 Å². The van der Waals surface area contributed by atoms with Crippen LogP contribution >= 0.6 is 12.4 Å². The number of rotatable bonds is 6. The fraction of sp³-hybridized carbons (Fsp3) is 0.929. The molecule has 0 saturated heterocycles. The Bertz CT molecular complexity index is 228. The SMILES string of the molecule is CC(C)CCC(=O)NC(CN)C1CCCCC1.Cl. The molecule has 1 aliphatic carbocycles. The number of carbonyl (C=O) groups excluding carboxylic acids is 1. The normalized spacial score (nSPS) is 18.2. The number of halogens is 1. The minimum Gasteiger partial charge on any atom is -0.352 e. The Labute approximate surface area is 118 Å². The summed E-state index contributed by atoms with van der Waals surface area (Å²) < 4.78 is 0. The van der Waals surface area contributed by atoms with Gasteiger partial charge in [0.1, 0.15) is 0 Å². The Morgan fingerprint density at radius 3 is 2.39 bits per heavy atom. The van der Waals surface area contributed by atoms with Crippen molar-refractivity contribution in [3.8, 4) is 0 Å². The van der Waals surface area contributed by atoms with Crippen LogP contribution < -0.4 is 11.1 Å². The Morgan fingerprint density at radius 2 is 1.89 bits per heavy atom. The van der Waals surface area contributed by atoms with E-state index in [0.717, 1.165) is 6.42 Å². The zero-order chi connectivity index (χ0) is 12.7. The van der Waals surface area contributed by atoms with Gasteiger partial charge in [0.2, 0.25) is 5.91 Å². The molecule has 1 aliphatic rings. The van der Waals surface area contributed by atoms with Gasteiger partial charge in [-0.25, -0.2) is 0 Å². The second-order valence-electron chi connectivity index (χ2n) is 5.74. The summed E-state index contributed by atoms with van der Waals surface area (Å²) >= 11 is 0. The van der Waals surface area contributed by atoms with Crippen LogP contribution in [-0.4, -0.2) is 18.5 Å². The Kier molecular flexibility index (Phi) is 9.47. The van der Waals surface area contributed by atoms with E-state index >= 15 is 0 Å². The lowest BCUT2D eigenvalue weighted by Gasteiger charge is -2.30. The molecule has 1 saturated carbocycles. The molecule has 0 radical (unpaired) electrons. The predicted molar refractivity (Wildman–Crippen MR) is 78.9 cm³/mol. The molecule has 3 nitrogen and oxygen atoms in total. The molecule has 1 rings (SSSR count). The summed E-state index contributed by atoms with van der Waals surface area (Å²) in [7, 11) is 0. The number of hydrogen-bond donors (Lipinski definition) is 2. The minimum atomic E-state index is 0. The highest BCUT2D eigenvalue weighted by molar-refractivity contribution is 5.85. The number of nitrogens with one attached hydrogen (secondary N) is 1. The van der Waals surface area contributed by atoms with Gasteiger partial charge in [0.15, 0.2) is 0 Å². The van der Waals surface area contributed by atoms with Crippen LogP contribution in [-0.2, 0) is 4.79 Å². The molecule has 18 heavy (non-hydrogen) atoms. The van der Waals surface area contributed by atoms with Crippen molar-refractivity contribution in [2.24, 2.45) is 17.6 Å². The van der Waals surface area contributed by atoms with Gasteiger partial charge < -0.3 is 11.1 Å². The second kappa shape index (κ2) is 9.62. The smallest absolute Gasteiger partial charge is 0.220 e. The van der Waals surface area contributed by atoms with Gasteiger partial charge in [0, 0.05) is 19.0 Å². The molecule has 0 aliphatic heterocycles. The zero-order valence-corrected chi connectivity index (χ0v) is 12.6. The van der Waals surface area contributed by atoms with Gasteiger partial charge in [-0.3, -0.25) is 4.79 Å². The highest BCUT2D eigenvalue weighted by atomic mass is 35.5. The number of amides is 1. The van der Waals surface area contributed by atoms with Gasteiger partial charge in [-0.05, 0) is 31.1 Å². The van der Waals surface area contributed by atoms with Crippen LogP contribution in [0, 0.1) is 11.8 Å². The molecule has 0 aromatic rings. The first kappa shape index (κ1) is 17.7. The molecular weight excluding hydrogens is 248 g/mol. The second-order valence-corrected chi connectivity index (χ2v) is 5.74. The van der Waals surface area contributed by atoms with E-state index in [2.05, 4.69) is 19.2 Å². The molecule has 1 fully saturated rings. The Hall–Kier alpha value is -0.280. The molecule has 1 unspecified atom stereocenters. The molecule has 1 atom stereocenters. The summed E-state index contributed by atoms with van der Waals surface area (Å²) in [6.07, 6.45) is 7.99. The maximum absolute atomic E-state index is 11.8. The summed E-state index contributed by atoms with van der Waals surface area (Å²) in [4.78, 5) is 11.8. The molecule has 1 amide bonds. The van der Waals surface area contributed by atoms with Gasteiger partial charge in [-0.2, -0.15) is 0 Å². The molecule has 0 bridgehead atoms. The van der Waals surface area contributed by atoms with Gasteiger partial charge in [-0.15, -0.1) is 12.4 Å². The first-order valence-corrected chi connectivity index (χ1v) is 7.13. The van der Waals surface area contributed by atoms with Crippen LogP contribution in [0.3, 0.4) is 0 Å². The Morgan fingerprint density at radius 1 is 1.28 bits per heavy atom. The van der Waals surface area contributed by atoms with Crippen LogP contribution in [0.5, 0.6) is 0 Å². The summed E-state index contributed by atoms with van der Waals surface area (Å²) in [5, 5.41) is 3.13. The lowest BCUT2D eigenvalue weighted by atomic mass is 9.84. The third kappa shape index (κ3) is 6.60. The fourth-order valence-corrected chi connectivity index (χ4v) is 2.60. The molecule has 0 spiro atoms. The average Bonchev–Trinajstić information content (AvgIpc) is 2.34. The van der Waals surface area contributed by atoms with Crippen LogP contribution in [0.25, 0.3) is 0 Å². The van der Waals surface area contributed by atoms with Gasteiger partial charge in [-0.1, -0.05) is 33.1 Å². The standard InChI is InChI=1S/C14H28N2O.ClH/c1-11(2)8-9-14(17)16-13(10-15)12-6-4-3-5-7-12;/h11-13H,3-10,15H2,1-2H3,(H,16,17);1H. The monoisotopic (exact) mass is 276 g/mol. The lowest BCUT2D eigenvalue weighted by Crippen LogP contribution is -2.45. The number of nitrogens with two attached hydrogens (primary N) is 1. The van der Waals surface area contributed by atoms with Crippen LogP contribution in [0.2, 0.25) is 0 Å². The van der Waals surface area contributed by atoms with E-state index in [9.17, 15) is 4.79 Å². The van der Waals surface area contributed by atoms with Crippen LogP contribution in [0.15, 0.2) is 0 Å². The fourth-order valence-electron chi connectivity index (χ4n) is 2.60. The van der Waals surface area contributed by atoms with E-state index in [1.807, 2.05) is 0 Å². The summed E-state index contributed by atoms with van der Waals surface area (Å²) in [5.41, 5.74) is 5.79. The number of hydrogen-bond acceptors (Lipinski definition) is 2. The van der Waals surface area contributed by atoms with Crippen molar-refractivity contribution < 1.29 is 4.79 Å².